The van der Waals surface area contributed by atoms with Crippen LogP contribution in [0.4, 0.5) is 10.3 Å². The van der Waals surface area contributed by atoms with Crippen molar-refractivity contribution in [1.82, 2.24) is 9.97 Å². The van der Waals surface area contributed by atoms with Crippen LogP contribution in [0.25, 0.3) is 0 Å². The minimum absolute atomic E-state index is 0.0437. The lowest BCUT2D eigenvalue weighted by molar-refractivity contribution is -0.0510. The zero-order valence-corrected chi connectivity index (χ0v) is 10.9. The van der Waals surface area contributed by atoms with Gasteiger partial charge in [0.25, 0.3) is 5.56 Å². The third kappa shape index (κ3) is 2.02. The molecule has 0 saturated heterocycles. The van der Waals surface area contributed by atoms with Crippen molar-refractivity contribution in [3.05, 3.63) is 22.1 Å². The summed E-state index contributed by atoms with van der Waals surface area (Å²) in [7, 11) is 0. The highest BCUT2D eigenvalue weighted by Gasteiger charge is 2.59. The minimum atomic E-state index is -2.01. The molecule has 1 aliphatic rings. The van der Waals surface area contributed by atoms with Gasteiger partial charge < -0.3 is 15.9 Å². The summed E-state index contributed by atoms with van der Waals surface area (Å²) in [6, 6.07) is 0. The molecule has 4 atom stereocenters. The average Bonchev–Trinajstić information content (AvgIpc) is 2.51. The fraction of sp³-hybridized carbons (Fsp3) is 0.667. The number of hydrogen-bond donors (Lipinski definition) is 4. The molecule has 0 amide bonds. The lowest BCUT2D eigenvalue weighted by Gasteiger charge is -2.29. The molecule has 6 nitrogen and oxygen atoms in total. The van der Waals surface area contributed by atoms with E-state index >= 15 is 0 Å². The molecule has 0 spiro atoms. The Morgan fingerprint density at radius 3 is 2.74 bits per heavy atom. The Balaban J connectivity index is 2.48. The zero-order valence-electron chi connectivity index (χ0n) is 10.9. The third-order valence-corrected chi connectivity index (χ3v) is 4.13. The highest BCUT2D eigenvalue weighted by Crippen LogP contribution is 2.53. The van der Waals surface area contributed by atoms with Crippen LogP contribution in [0.1, 0.15) is 31.7 Å². The van der Waals surface area contributed by atoms with Crippen molar-refractivity contribution in [2.75, 3.05) is 12.3 Å². The van der Waals surface area contributed by atoms with Gasteiger partial charge in [-0.25, -0.2) is 9.37 Å². The lowest BCUT2D eigenvalue weighted by Crippen LogP contribution is -2.42. The maximum Gasteiger partial charge on any atom is 0.255 e. The normalized spacial score (nSPS) is 38.6. The monoisotopic (exact) mass is 271 g/mol. The van der Waals surface area contributed by atoms with E-state index in [2.05, 4.69) is 9.97 Å². The van der Waals surface area contributed by atoms with E-state index in [1.54, 1.807) is 6.92 Å². The summed E-state index contributed by atoms with van der Waals surface area (Å²) in [5.74, 6) is -0.880. The molecule has 1 aromatic rings. The number of aromatic amines is 1. The van der Waals surface area contributed by atoms with Gasteiger partial charge in [0.2, 0.25) is 0 Å². The van der Waals surface area contributed by atoms with Crippen LogP contribution < -0.4 is 11.3 Å². The van der Waals surface area contributed by atoms with Crippen molar-refractivity contribution >= 4 is 5.95 Å². The van der Waals surface area contributed by atoms with Gasteiger partial charge in [-0.2, -0.15) is 0 Å². The van der Waals surface area contributed by atoms with Crippen LogP contribution in [-0.2, 0) is 0 Å². The molecule has 0 aromatic carbocycles. The lowest BCUT2D eigenvalue weighted by atomic mass is 9.85. The van der Waals surface area contributed by atoms with Gasteiger partial charge in [-0.05, 0) is 13.3 Å². The Kier molecular flexibility index (Phi) is 3.14. The maximum atomic E-state index is 14.7. The molecule has 1 aliphatic carbocycles. The van der Waals surface area contributed by atoms with E-state index in [4.69, 9.17) is 5.73 Å². The Labute approximate surface area is 109 Å². The molecule has 106 valence electrons. The average molecular weight is 271 g/mol. The van der Waals surface area contributed by atoms with Crippen LogP contribution >= 0.6 is 0 Å². The molecule has 1 fully saturated rings. The van der Waals surface area contributed by atoms with Crippen LogP contribution in [0.3, 0.4) is 0 Å². The number of aromatic nitrogens is 2. The van der Waals surface area contributed by atoms with E-state index in [0.29, 0.717) is 0 Å². The number of halogens is 1. The fourth-order valence-corrected chi connectivity index (χ4v) is 2.88. The van der Waals surface area contributed by atoms with Crippen LogP contribution in [0.5, 0.6) is 0 Å². The number of aliphatic hydroxyl groups excluding tert-OH is 2. The number of aliphatic hydroxyl groups is 2. The molecule has 0 unspecified atom stereocenters. The molecule has 1 heterocycles. The summed E-state index contributed by atoms with van der Waals surface area (Å²) in [6.07, 6.45) is 0.0331. The number of hydrogen-bond acceptors (Lipinski definition) is 5. The van der Waals surface area contributed by atoms with Gasteiger partial charge in [-0.3, -0.25) is 9.78 Å². The first-order chi connectivity index (χ1) is 8.72. The van der Waals surface area contributed by atoms with Crippen LogP contribution in [-0.4, -0.2) is 38.6 Å². The summed E-state index contributed by atoms with van der Waals surface area (Å²) in [4.78, 5) is 17.9. The van der Waals surface area contributed by atoms with Gasteiger partial charge in [-0.1, -0.05) is 6.92 Å². The quantitative estimate of drug-likeness (QED) is 0.601. The summed E-state index contributed by atoms with van der Waals surface area (Å²) >= 11 is 0. The topological polar surface area (TPSA) is 112 Å². The number of nitrogens with two attached hydrogens (primary N) is 1. The third-order valence-electron chi connectivity index (χ3n) is 4.13. The number of nitrogens with zero attached hydrogens (tertiary/aromatic N) is 1. The molecule has 5 N–H and O–H groups in total. The second-order valence-electron chi connectivity index (χ2n) is 5.68. The molecular formula is C12H18FN3O3. The van der Waals surface area contributed by atoms with E-state index in [9.17, 15) is 19.4 Å². The zero-order chi connectivity index (χ0) is 14.4. The second kappa shape index (κ2) is 4.28. The molecular weight excluding hydrogens is 253 g/mol. The highest BCUT2D eigenvalue weighted by molar-refractivity contribution is 5.27. The number of rotatable bonds is 2. The SMILES string of the molecule is C[C@]1(CO)C[C@@H](c2cnc(N)[nH]c2=O)[C@](C)(F)[C@@H]1O. The van der Waals surface area contributed by atoms with Crippen molar-refractivity contribution in [1.29, 1.82) is 0 Å². The van der Waals surface area contributed by atoms with Crippen LogP contribution in [0.15, 0.2) is 11.0 Å². The summed E-state index contributed by atoms with van der Waals surface area (Å²) in [6.45, 7) is 2.47. The summed E-state index contributed by atoms with van der Waals surface area (Å²) < 4.78 is 14.7. The predicted molar refractivity (Wildman–Crippen MR) is 67.3 cm³/mol. The van der Waals surface area contributed by atoms with E-state index < -0.39 is 28.7 Å². The number of anilines is 1. The van der Waals surface area contributed by atoms with Gasteiger partial charge in [0.1, 0.15) is 5.67 Å². The summed E-state index contributed by atoms with van der Waals surface area (Å²) in [5, 5.41) is 19.4. The van der Waals surface area contributed by atoms with Crippen LogP contribution in [0, 0.1) is 5.41 Å². The molecule has 0 bridgehead atoms. The van der Waals surface area contributed by atoms with Gasteiger partial charge in [0.05, 0.1) is 12.7 Å². The summed E-state index contributed by atoms with van der Waals surface area (Å²) in [5.41, 5.74) is 1.97. The molecule has 7 heteroatoms. The standard InChI is InChI=1S/C12H18FN3O3/c1-11(5-17)3-7(12(2,13)9(11)19)6-4-15-10(14)16-8(6)18/h4,7,9,17,19H,3,5H2,1-2H3,(H3,14,15,16,18)/t7-,9+,11+,12-/m0/s1. The molecule has 2 rings (SSSR count). The van der Waals surface area contributed by atoms with Crippen LogP contribution in [0.2, 0.25) is 0 Å². The van der Waals surface area contributed by atoms with Gasteiger partial charge in [-0.15, -0.1) is 0 Å². The van der Waals surface area contributed by atoms with E-state index in [-0.39, 0.29) is 24.5 Å². The first kappa shape index (κ1) is 14.0. The van der Waals surface area contributed by atoms with Crippen molar-refractivity contribution in [3.63, 3.8) is 0 Å². The smallest absolute Gasteiger partial charge is 0.255 e. The van der Waals surface area contributed by atoms with Crippen molar-refractivity contribution in [2.24, 2.45) is 5.41 Å². The van der Waals surface area contributed by atoms with Gasteiger partial charge >= 0.3 is 0 Å². The molecule has 1 aromatic heterocycles. The van der Waals surface area contributed by atoms with Crippen molar-refractivity contribution in [2.45, 2.75) is 38.0 Å². The first-order valence-corrected chi connectivity index (χ1v) is 6.05. The van der Waals surface area contributed by atoms with E-state index in [1.807, 2.05) is 0 Å². The minimum Gasteiger partial charge on any atom is -0.396 e. The predicted octanol–water partition coefficient (Wildman–Crippen LogP) is -0.0729. The maximum absolute atomic E-state index is 14.7. The van der Waals surface area contributed by atoms with Gasteiger partial charge in [0.15, 0.2) is 5.95 Å². The van der Waals surface area contributed by atoms with Crippen molar-refractivity contribution in [3.8, 4) is 0 Å². The fourth-order valence-electron chi connectivity index (χ4n) is 2.88. The Morgan fingerprint density at radius 1 is 1.63 bits per heavy atom. The van der Waals surface area contributed by atoms with Crippen molar-refractivity contribution < 1.29 is 14.6 Å². The van der Waals surface area contributed by atoms with E-state index in [1.165, 1.54) is 13.1 Å². The van der Waals surface area contributed by atoms with Gasteiger partial charge in [0, 0.05) is 23.1 Å². The number of nitrogens with one attached hydrogen (secondary N) is 1. The molecule has 1 saturated carbocycles. The number of nitrogen functional groups attached to an aromatic ring is 1. The Morgan fingerprint density at radius 2 is 2.26 bits per heavy atom. The first-order valence-electron chi connectivity index (χ1n) is 6.05. The Hall–Kier alpha value is -1.47. The molecule has 0 aliphatic heterocycles. The number of alkyl halides is 1. The molecule has 19 heavy (non-hydrogen) atoms. The molecule has 0 radical (unpaired) electrons. The highest BCUT2D eigenvalue weighted by atomic mass is 19.1. The van der Waals surface area contributed by atoms with E-state index in [0.717, 1.165) is 0 Å². The Bertz CT molecular complexity index is 545. The largest absolute Gasteiger partial charge is 0.396 e. The second-order valence-corrected chi connectivity index (χ2v) is 5.68. The number of H-pyrrole nitrogens is 1.